The summed E-state index contributed by atoms with van der Waals surface area (Å²) in [5.41, 5.74) is 1.99. The number of carbonyl (C=O) groups is 2. The molecule has 2 amide bonds. The predicted molar refractivity (Wildman–Crippen MR) is 90.4 cm³/mol. The second kappa shape index (κ2) is 7.59. The van der Waals surface area contributed by atoms with Gasteiger partial charge in [0.2, 0.25) is 11.8 Å². The lowest BCUT2D eigenvalue weighted by Crippen LogP contribution is -2.40. The van der Waals surface area contributed by atoms with Gasteiger partial charge in [-0.05, 0) is 32.4 Å². The summed E-state index contributed by atoms with van der Waals surface area (Å²) >= 11 is 0. The molecule has 1 aromatic carbocycles. The molecule has 1 heterocycles. The Balaban J connectivity index is 2.14. The number of hydrogen-bond donors (Lipinski definition) is 0. The molecule has 2 rings (SSSR count). The van der Waals surface area contributed by atoms with Crippen LogP contribution in [0.2, 0.25) is 0 Å². The van der Waals surface area contributed by atoms with E-state index in [2.05, 4.69) is 0 Å². The fourth-order valence-corrected chi connectivity index (χ4v) is 3.19. The van der Waals surface area contributed by atoms with E-state index in [0.29, 0.717) is 19.7 Å². The van der Waals surface area contributed by atoms with Crippen LogP contribution in [0.1, 0.15) is 25.8 Å². The minimum absolute atomic E-state index is 0.00108. The average molecular weight is 318 g/mol. The first kappa shape index (κ1) is 17.5. The Kier molecular flexibility index (Phi) is 5.77. The predicted octanol–water partition coefficient (Wildman–Crippen LogP) is 2.23. The van der Waals surface area contributed by atoms with Gasteiger partial charge in [-0.25, -0.2) is 0 Å². The van der Waals surface area contributed by atoms with Crippen molar-refractivity contribution in [3.8, 4) is 0 Å². The van der Waals surface area contributed by atoms with Crippen LogP contribution in [0.5, 0.6) is 0 Å². The molecule has 2 atom stereocenters. The third kappa shape index (κ3) is 3.72. The highest BCUT2D eigenvalue weighted by Crippen LogP contribution is 2.26. The number of ether oxygens (including phenoxy) is 1. The second-order valence-electron chi connectivity index (χ2n) is 6.12. The molecule has 5 heteroatoms. The van der Waals surface area contributed by atoms with E-state index in [9.17, 15) is 9.59 Å². The Morgan fingerprint density at radius 3 is 2.74 bits per heavy atom. The van der Waals surface area contributed by atoms with Gasteiger partial charge in [0, 0.05) is 32.3 Å². The zero-order valence-electron chi connectivity index (χ0n) is 14.4. The fourth-order valence-electron chi connectivity index (χ4n) is 3.19. The van der Waals surface area contributed by atoms with Gasteiger partial charge in [0.25, 0.3) is 0 Å². The molecule has 0 N–H and O–H groups in total. The van der Waals surface area contributed by atoms with Crippen LogP contribution in [-0.2, 0) is 14.3 Å². The van der Waals surface area contributed by atoms with Crippen LogP contribution in [0.4, 0.5) is 5.69 Å². The molecule has 0 spiro atoms. The van der Waals surface area contributed by atoms with Crippen molar-refractivity contribution < 1.29 is 14.3 Å². The van der Waals surface area contributed by atoms with Crippen LogP contribution in [0.25, 0.3) is 0 Å². The van der Waals surface area contributed by atoms with E-state index in [1.165, 1.54) is 0 Å². The van der Waals surface area contributed by atoms with E-state index in [1.54, 1.807) is 16.9 Å². The molecular formula is C18H26N2O3. The largest absolute Gasteiger partial charge is 0.383 e. The van der Waals surface area contributed by atoms with Gasteiger partial charge in [0.15, 0.2) is 0 Å². The van der Waals surface area contributed by atoms with Crippen molar-refractivity contribution in [1.29, 1.82) is 0 Å². The van der Waals surface area contributed by atoms with E-state index < -0.39 is 0 Å². The van der Waals surface area contributed by atoms with E-state index >= 15 is 0 Å². The molecule has 1 aliphatic rings. The molecule has 1 saturated heterocycles. The Morgan fingerprint density at radius 2 is 2.13 bits per heavy atom. The summed E-state index contributed by atoms with van der Waals surface area (Å²) < 4.78 is 5.12. The number of carbonyl (C=O) groups excluding carboxylic acids is 2. The molecule has 0 unspecified atom stereocenters. The highest BCUT2D eigenvalue weighted by atomic mass is 16.5. The maximum atomic E-state index is 12.9. The second-order valence-corrected chi connectivity index (χ2v) is 6.12. The SMILES string of the molecule is CCN(C(=O)[C@H]1CC(=O)N([C@H](C)COC)C1)c1ccccc1C. The van der Waals surface area contributed by atoms with Crippen LogP contribution in [-0.4, -0.2) is 49.6 Å². The Bertz CT molecular complexity index is 573. The Morgan fingerprint density at radius 1 is 1.43 bits per heavy atom. The van der Waals surface area contributed by atoms with Crippen molar-refractivity contribution in [2.45, 2.75) is 33.2 Å². The first-order chi connectivity index (χ1) is 11.0. The van der Waals surface area contributed by atoms with E-state index in [-0.39, 0.29) is 30.2 Å². The highest BCUT2D eigenvalue weighted by molar-refractivity contribution is 5.99. The summed E-state index contributed by atoms with van der Waals surface area (Å²) in [6.07, 6.45) is 0.287. The monoisotopic (exact) mass is 318 g/mol. The van der Waals surface area contributed by atoms with Gasteiger partial charge in [-0.3, -0.25) is 9.59 Å². The number of methoxy groups -OCH3 is 1. The molecule has 0 saturated carbocycles. The number of aryl methyl sites for hydroxylation is 1. The van der Waals surface area contributed by atoms with Gasteiger partial charge in [-0.1, -0.05) is 18.2 Å². The highest BCUT2D eigenvalue weighted by Gasteiger charge is 2.38. The molecule has 1 aliphatic heterocycles. The Hall–Kier alpha value is -1.88. The van der Waals surface area contributed by atoms with Crippen LogP contribution >= 0.6 is 0 Å². The molecule has 0 aliphatic carbocycles. The van der Waals surface area contributed by atoms with Crippen LogP contribution < -0.4 is 4.90 Å². The molecule has 0 bridgehead atoms. The van der Waals surface area contributed by atoms with Gasteiger partial charge < -0.3 is 14.5 Å². The summed E-state index contributed by atoms with van der Waals surface area (Å²) in [6.45, 7) is 7.48. The summed E-state index contributed by atoms with van der Waals surface area (Å²) in [5, 5.41) is 0. The number of nitrogens with zero attached hydrogens (tertiary/aromatic N) is 2. The number of para-hydroxylation sites is 1. The molecule has 0 radical (unpaired) electrons. The Labute approximate surface area is 138 Å². The first-order valence-electron chi connectivity index (χ1n) is 8.15. The lowest BCUT2D eigenvalue weighted by molar-refractivity contribution is -0.130. The van der Waals surface area contributed by atoms with Crippen LogP contribution in [0.15, 0.2) is 24.3 Å². The van der Waals surface area contributed by atoms with E-state index in [1.807, 2.05) is 45.0 Å². The van der Waals surface area contributed by atoms with Gasteiger partial charge >= 0.3 is 0 Å². The number of anilines is 1. The summed E-state index contributed by atoms with van der Waals surface area (Å²) in [4.78, 5) is 28.7. The van der Waals surface area contributed by atoms with Crippen molar-refractivity contribution in [2.75, 3.05) is 31.7 Å². The zero-order chi connectivity index (χ0) is 17.0. The third-order valence-electron chi connectivity index (χ3n) is 4.44. The molecule has 1 fully saturated rings. The maximum Gasteiger partial charge on any atom is 0.232 e. The van der Waals surface area contributed by atoms with Gasteiger partial charge in [0.05, 0.1) is 18.6 Å². The minimum atomic E-state index is -0.277. The molecule has 23 heavy (non-hydrogen) atoms. The average Bonchev–Trinajstić information content (AvgIpc) is 2.92. The van der Waals surface area contributed by atoms with Crippen molar-refractivity contribution in [3.63, 3.8) is 0 Å². The van der Waals surface area contributed by atoms with E-state index in [4.69, 9.17) is 4.74 Å². The third-order valence-corrected chi connectivity index (χ3v) is 4.44. The lowest BCUT2D eigenvalue weighted by Gasteiger charge is -2.27. The maximum absolute atomic E-state index is 12.9. The molecule has 5 nitrogen and oxygen atoms in total. The van der Waals surface area contributed by atoms with Crippen molar-refractivity contribution in [1.82, 2.24) is 4.90 Å². The quantitative estimate of drug-likeness (QED) is 0.808. The van der Waals surface area contributed by atoms with E-state index in [0.717, 1.165) is 11.3 Å². The molecule has 126 valence electrons. The van der Waals surface area contributed by atoms with Gasteiger partial charge in [-0.2, -0.15) is 0 Å². The number of likely N-dealkylation sites (tertiary alicyclic amines) is 1. The van der Waals surface area contributed by atoms with Crippen LogP contribution in [0, 0.1) is 12.8 Å². The standard InChI is InChI=1S/C18H26N2O3/c1-5-19(16-9-7-6-8-13(16)2)18(22)15-10-17(21)20(11-15)14(3)12-23-4/h6-9,14-15H,5,10-12H2,1-4H3/t14-,15+/m1/s1. The smallest absolute Gasteiger partial charge is 0.232 e. The molecular weight excluding hydrogens is 292 g/mol. The lowest BCUT2D eigenvalue weighted by atomic mass is 10.1. The summed E-state index contributed by atoms with van der Waals surface area (Å²) in [7, 11) is 1.62. The molecule has 0 aromatic heterocycles. The van der Waals surface area contributed by atoms with Crippen molar-refractivity contribution in [2.24, 2.45) is 5.92 Å². The molecule has 1 aromatic rings. The topological polar surface area (TPSA) is 49.9 Å². The summed E-state index contributed by atoms with van der Waals surface area (Å²) in [6, 6.07) is 7.85. The number of amides is 2. The number of benzene rings is 1. The van der Waals surface area contributed by atoms with Gasteiger partial charge in [0.1, 0.15) is 0 Å². The summed E-state index contributed by atoms with van der Waals surface area (Å²) in [5.74, 6) is -0.211. The van der Waals surface area contributed by atoms with Gasteiger partial charge in [-0.15, -0.1) is 0 Å². The van der Waals surface area contributed by atoms with Crippen molar-refractivity contribution >= 4 is 17.5 Å². The van der Waals surface area contributed by atoms with Crippen molar-refractivity contribution in [3.05, 3.63) is 29.8 Å². The van der Waals surface area contributed by atoms with Crippen LogP contribution in [0.3, 0.4) is 0 Å². The number of rotatable bonds is 6. The zero-order valence-corrected chi connectivity index (χ0v) is 14.4. The first-order valence-corrected chi connectivity index (χ1v) is 8.15. The number of hydrogen-bond acceptors (Lipinski definition) is 3. The minimum Gasteiger partial charge on any atom is -0.383 e. The normalized spacial score (nSPS) is 19.0. The fraction of sp³-hybridized carbons (Fsp3) is 0.556.